The van der Waals surface area contributed by atoms with Crippen LogP contribution in [0.1, 0.15) is 61.0 Å². The fraction of sp³-hybridized carbons (Fsp3) is 0.257. The molecule has 49 heavy (non-hydrogen) atoms. The monoisotopic (exact) mass is 740 g/mol. The summed E-state index contributed by atoms with van der Waals surface area (Å²) in [6.07, 6.45) is 3.25. The maximum atomic E-state index is 13.4. The molecule has 0 amide bonds. The van der Waals surface area contributed by atoms with E-state index in [2.05, 4.69) is 15.9 Å². The molecule has 2 aliphatic carbocycles. The summed E-state index contributed by atoms with van der Waals surface area (Å²) in [5.74, 6) is -3.92. The molecule has 3 aromatic rings. The van der Waals surface area contributed by atoms with E-state index < -0.39 is 35.3 Å². The Morgan fingerprint density at radius 2 is 1.41 bits per heavy atom. The summed E-state index contributed by atoms with van der Waals surface area (Å²) >= 11 is 3.23. The van der Waals surface area contributed by atoms with Crippen molar-refractivity contribution in [2.45, 2.75) is 41.0 Å². The Hall–Kier alpha value is -5.18. The number of aromatic hydroxyl groups is 2. The number of carbonyl (C=O) groups is 4. The molecule has 4 N–H and O–H groups in total. The first-order chi connectivity index (χ1) is 23.2. The molecule has 13 nitrogen and oxygen atoms in total. The van der Waals surface area contributed by atoms with Gasteiger partial charge < -0.3 is 33.9 Å². The number of ketones is 1. The summed E-state index contributed by atoms with van der Waals surface area (Å²) in [6, 6.07) is 4.23. The minimum Gasteiger partial charge on any atom is -0.507 e. The van der Waals surface area contributed by atoms with E-state index >= 15 is 0 Å². The molecule has 0 spiro atoms. The van der Waals surface area contributed by atoms with Gasteiger partial charge in [0.25, 0.3) is 0 Å². The average molecular weight is 742 g/mol. The van der Waals surface area contributed by atoms with Gasteiger partial charge in [0.2, 0.25) is 0 Å². The Labute approximate surface area is 289 Å². The fourth-order valence-corrected chi connectivity index (χ4v) is 6.04. The molecule has 2 aliphatic rings. The second-order valence-electron chi connectivity index (χ2n) is 11.2. The van der Waals surface area contributed by atoms with Gasteiger partial charge in [0.1, 0.15) is 56.0 Å². The lowest BCUT2D eigenvalue weighted by Crippen LogP contribution is -2.28. The molecule has 0 saturated carbocycles. The Kier molecular flexibility index (Phi) is 10.9. The van der Waals surface area contributed by atoms with Gasteiger partial charge in [0.15, 0.2) is 11.5 Å². The van der Waals surface area contributed by atoms with Crippen molar-refractivity contribution in [2.75, 3.05) is 14.2 Å². The van der Waals surface area contributed by atoms with Gasteiger partial charge in [0, 0.05) is 29.7 Å². The molecule has 14 heteroatoms. The standard InChI is InChI=1S/C35H31BrO11.H2O2/c1-14-10-19(37)11-26(44-7)27(14)34(41)47-32-16(3)15(2)28(31(39)29(32)36)35(42)45-23-9-8-20(30(38)18(23)5)33(40)46-24-13-25(43-6)22-12-21(22)17(24)4;1-2/h8-11,13,27,38-39H,12H2,1-7H3;1-2H. The van der Waals surface area contributed by atoms with Crippen LogP contribution in [0.25, 0.3) is 0 Å². The Morgan fingerprint density at radius 3 is 2.04 bits per heavy atom. The van der Waals surface area contributed by atoms with Crippen LogP contribution in [0.15, 0.2) is 46.2 Å². The minimum absolute atomic E-state index is 0.0385. The van der Waals surface area contributed by atoms with Crippen LogP contribution >= 0.6 is 15.9 Å². The molecular formula is C35H33BrO13. The van der Waals surface area contributed by atoms with Gasteiger partial charge in [-0.1, -0.05) is 0 Å². The van der Waals surface area contributed by atoms with Gasteiger partial charge in [-0.15, -0.1) is 0 Å². The highest BCUT2D eigenvalue weighted by atomic mass is 79.9. The minimum atomic E-state index is -0.988. The van der Waals surface area contributed by atoms with Crippen molar-refractivity contribution in [3.63, 3.8) is 0 Å². The van der Waals surface area contributed by atoms with Crippen LogP contribution in [0.2, 0.25) is 0 Å². The smallest absolute Gasteiger partial charge is 0.347 e. The molecule has 1 atom stereocenters. The maximum Gasteiger partial charge on any atom is 0.347 e. The maximum absolute atomic E-state index is 13.4. The van der Waals surface area contributed by atoms with Crippen molar-refractivity contribution in [3.8, 4) is 34.5 Å². The number of allylic oxidation sites excluding steroid dienone is 2. The highest BCUT2D eigenvalue weighted by molar-refractivity contribution is 9.10. The molecule has 5 rings (SSSR count). The van der Waals surface area contributed by atoms with E-state index in [0.29, 0.717) is 22.6 Å². The van der Waals surface area contributed by atoms with E-state index in [9.17, 15) is 29.4 Å². The van der Waals surface area contributed by atoms with Crippen LogP contribution in [-0.2, 0) is 20.7 Å². The average Bonchev–Trinajstić information content (AvgIpc) is 3.88. The van der Waals surface area contributed by atoms with Crippen LogP contribution in [-0.4, -0.2) is 58.6 Å². The molecule has 0 heterocycles. The molecule has 3 aromatic carbocycles. The molecule has 0 saturated heterocycles. The summed E-state index contributed by atoms with van der Waals surface area (Å²) in [5, 5.41) is 33.9. The fourth-order valence-electron chi connectivity index (χ4n) is 5.47. The number of rotatable bonds is 8. The van der Waals surface area contributed by atoms with Gasteiger partial charge in [-0.05, 0) is 96.6 Å². The van der Waals surface area contributed by atoms with E-state index in [0.717, 1.165) is 23.1 Å². The highest BCUT2D eigenvalue weighted by Gasteiger charge is 2.34. The van der Waals surface area contributed by atoms with E-state index in [-0.39, 0.29) is 49.8 Å². The second kappa shape index (κ2) is 14.5. The number of benzene rings is 3. The summed E-state index contributed by atoms with van der Waals surface area (Å²) in [5.41, 5.74) is 3.65. The number of fused-ring (bicyclic) bond motifs is 1. The largest absolute Gasteiger partial charge is 0.507 e. The third-order valence-corrected chi connectivity index (χ3v) is 9.13. The quantitative estimate of drug-likeness (QED) is 0.0707. The Bertz CT molecular complexity index is 1940. The topological polar surface area (TPSA) is 195 Å². The zero-order chi connectivity index (χ0) is 36.5. The first-order valence-electron chi connectivity index (χ1n) is 14.6. The van der Waals surface area contributed by atoms with Crippen molar-refractivity contribution in [1.29, 1.82) is 0 Å². The van der Waals surface area contributed by atoms with E-state index in [1.807, 2.05) is 6.92 Å². The normalized spacial score (nSPS) is 14.3. The van der Waals surface area contributed by atoms with Crippen molar-refractivity contribution in [2.24, 2.45) is 5.92 Å². The SMILES string of the molecule is COC1=CC(=O)C=C(C)C1C(=O)Oc1c(C)c(C)c(C(=O)Oc2ccc(C(=O)Oc3cc(OC)c4c(c3C)C4)c(O)c2C)c(O)c1Br.OO. The number of carbonyl (C=O) groups excluding carboxylic acids is 4. The molecule has 0 radical (unpaired) electrons. The number of phenols is 2. The third kappa shape index (κ3) is 6.88. The Balaban J connectivity index is 0.00000265. The summed E-state index contributed by atoms with van der Waals surface area (Å²) in [6.45, 7) is 8.02. The van der Waals surface area contributed by atoms with Crippen molar-refractivity contribution >= 4 is 39.6 Å². The lowest BCUT2D eigenvalue weighted by atomic mass is 9.92. The predicted molar refractivity (Wildman–Crippen MR) is 177 cm³/mol. The number of hydrogen-bond donors (Lipinski definition) is 4. The van der Waals surface area contributed by atoms with Crippen LogP contribution in [0.4, 0.5) is 0 Å². The van der Waals surface area contributed by atoms with Gasteiger partial charge in [-0.3, -0.25) is 20.1 Å². The van der Waals surface area contributed by atoms with Crippen LogP contribution in [0.5, 0.6) is 34.5 Å². The van der Waals surface area contributed by atoms with Crippen LogP contribution in [0, 0.1) is 33.6 Å². The van der Waals surface area contributed by atoms with Gasteiger partial charge in [-0.2, -0.15) is 0 Å². The van der Waals surface area contributed by atoms with E-state index in [1.165, 1.54) is 52.4 Å². The lowest BCUT2D eigenvalue weighted by Gasteiger charge is -2.23. The van der Waals surface area contributed by atoms with Gasteiger partial charge in [0.05, 0.1) is 14.2 Å². The third-order valence-electron chi connectivity index (χ3n) is 8.40. The van der Waals surface area contributed by atoms with E-state index in [1.54, 1.807) is 19.9 Å². The zero-order valence-electron chi connectivity index (χ0n) is 27.5. The summed E-state index contributed by atoms with van der Waals surface area (Å²) in [7, 11) is 2.87. The molecule has 0 fully saturated rings. The molecule has 0 aromatic heterocycles. The first kappa shape index (κ1) is 36.7. The van der Waals surface area contributed by atoms with Gasteiger partial charge >= 0.3 is 17.9 Å². The number of esters is 3. The molecule has 0 bridgehead atoms. The molecule has 1 unspecified atom stereocenters. The van der Waals surface area contributed by atoms with Crippen molar-refractivity contribution < 1.29 is 63.6 Å². The number of phenolic OH excluding ortho intramolecular Hbond substituents is 2. The highest BCUT2D eigenvalue weighted by Crippen LogP contribution is 2.45. The zero-order valence-corrected chi connectivity index (χ0v) is 29.1. The molecular weight excluding hydrogens is 708 g/mol. The number of halogens is 1. The van der Waals surface area contributed by atoms with Crippen molar-refractivity contribution in [1.82, 2.24) is 0 Å². The summed E-state index contributed by atoms with van der Waals surface area (Å²) in [4.78, 5) is 51.5. The summed E-state index contributed by atoms with van der Waals surface area (Å²) < 4.78 is 27.3. The number of methoxy groups -OCH3 is 2. The van der Waals surface area contributed by atoms with Crippen molar-refractivity contribution in [3.05, 3.63) is 90.7 Å². The molecule has 258 valence electrons. The number of hydrogen-bond acceptors (Lipinski definition) is 13. The van der Waals surface area contributed by atoms with Crippen LogP contribution in [0.3, 0.4) is 0 Å². The predicted octanol–water partition coefficient (Wildman–Crippen LogP) is 6.04. The van der Waals surface area contributed by atoms with Crippen LogP contribution < -0.4 is 18.9 Å². The number of ether oxygens (including phenoxy) is 5. The first-order valence-corrected chi connectivity index (χ1v) is 15.4. The lowest BCUT2D eigenvalue weighted by molar-refractivity contribution is -0.176. The molecule has 0 aliphatic heterocycles. The Morgan fingerprint density at radius 1 is 0.755 bits per heavy atom. The second-order valence-corrected chi connectivity index (χ2v) is 12.0. The van der Waals surface area contributed by atoms with Gasteiger partial charge in [-0.25, -0.2) is 9.59 Å². The van der Waals surface area contributed by atoms with E-state index in [4.69, 9.17) is 34.2 Å².